The van der Waals surface area contributed by atoms with E-state index < -0.39 is 0 Å². The molecule has 19 heavy (non-hydrogen) atoms. The van der Waals surface area contributed by atoms with E-state index in [0.29, 0.717) is 0 Å². The summed E-state index contributed by atoms with van der Waals surface area (Å²) < 4.78 is 0. The van der Waals surface area contributed by atoms with Gasteiger partial charge in [0.15, 0.2) is 0 Å². The normalized spacial score (nSPS) is 24.6. The average Bonchev–Trinajstić information content (AvgIpc) is 2.74. The zero-order valence-corrected chi connectivity index (χ0v) is 17.1. The van der Waals surface area contributed by atoms with Gasteiger partial charge < -0.3 is 17.6 Å². The SMILES string of the molecule is C1CCCNCC1.CCN1CCCC(C)CC1.[CH3-].[K+]. The fourth-order valence-corrected chi connectivity index (χ4v) is 2.62. The molecule has 2 saturated heterocycles. The molecule has 2 aliphatic rings. The zero-order valence-electron chi connectivity index (χ0n) is 14.0. The minimum absolute atomic E-state index is 0. The van der Waals surface area contributed by atoms with Crippen molar-refractivity contribution in [1.29, 1.82) is 0 Å². The van der Waals surface area contributed by atoms with Crippen LogP contribution in [0.15, 0.2) is 0 Å². The van der Waals surface area contributed by atoms with Crippen LogP contribution in [0.2, 0.25) is 0 Å². The second-order valence-electron chi connectivity index (χ2n) is 5.63. The summed E-state index contributed by atoms with van der Waals surface area (Å²) in [6, 6.07) is 0. The van der Waals surface area contributed by atoms with Crippen molar-refractivity contribution in [2.45, 2.75) is 58.8 Å². The van der Waals surface area contributed by atoms with Gasteiger partial charge in [-0.05, 0) is 70.7 Å². The van der Waals surface area contributed by atoms with Crippen molar-refractivity contribution in [3.63, 3.8) is 0 Å². The van der Waals surface area contributed by atoms with Crippen molar-refractivity contribution in [2.75, 3.05) is 32.7 Å². The third-order valence-corrected chi connectivity index (χ3v) is 4.01. The predicted molar refractivity (Wildman–Crippen MR) is 82.9 cm³/mol. The van der Waals surface area contributed by atoms with Gasteiger partial charge >= 0.3 is 51.4 Å². The Morgan fingerprint density at radius 1 is 0.947 bits per heavy atom. The Balaban J connectivity index is 0. The van der Waals surface area contributed by atoms with Crippen molar-refractivity contribution in [3.05, 3.63) is 7.43 Å². The Kier molecular flexibility index (Phi) is 19.1. The Labute approximate surface area is 164 Å². The van der Waals surface area contributed by atoms with Crippen molar-refractivity contribution >= 4 is 0 Å². The standard InChI is InChI=1S/C9H19N.C6H13N.CH3.K/c1-3-10-7-4-5-9(2)6-8-10;1-2-4-6-7-5-3-1;;/h9H,3-8H2,1-2H3;7H,1-6H2;1H3;/q;;-1;+1. The summed E-state index contributed by atoms with van der Waals surface area (Å²) >= 11 is 0. The number of hydrogen-bond donors (Lipinski definition) is 1. The second kappa shape index (κ2) is 15.9. The monoisotopic (exact) mass is 294 g/mol. The molecule has 1 atom stereocenters. The van der Waals surface area contributed by atoms with E-state index >= 15 is 0 Å². The molecule has 0 bridgehead atoms. The molecule has 2 rings (SSSR count). The van der Waals surface area contributed by atoms with Crippen molar-refractivity contribution in [1.82, 2.24) is 10.2 Å². The molecule has 3 heteroatoms. The molecule has 0 aromatic heterocycles. The fraction of sp³-hybridized carbons (Fsp3) is 0.938. The van der Waals surface area contributed by atoms with Crippen LogP contribution in [-0.4, -0.2) is 37.6 Å². The molecule has 0 aromatic carbocycles. The molecule has 0 spiro atoms. The van der Waals surface area contributed by atoms with E-state index in [2.05, 4.69) is 24.1 Å². The van der Waals surface area contributed by atoms with Gasteiger partial charge in [0, 0.05) is 0 Å². The van der Waals surface area contributed by atoms with Crippen LogP contribution in [0, 0.1) is 13.3 Å². The molecule has 0 aromatic rings. The third kappa shape index (κ3) is 13.0. The predicted octanol–water partition coefficient (Wildman–Crippen LogP) is 0.733. The number of nitrogens with zero attached hydrogens (tertiary/aromatic N) is 1. The molecule has 0 aliphatic carbocycles. The van der Waals surface area contributed by atoms with Gasteiger partial charge in [0.2, 0.25) is 0 Å². The largest absolute Gasteiger partial charge is 1.00 e. The summed E-state index contributed by atoms with van der Waals surface area (Å²) in [6.07, 6.45) is 9.92. The molecule has 0 radical (unpaired) electrons. The molecule has 2 nitrogen and oxygen atoms in total. The van der Waals surface area contributed by atoms with Gasteiger partial charge in [-0.1, -0.05) is 26.7 Å². The van der Waals surface area contributed by atoms with E-state index in [1.54, 1.807) is 0 Å². The van der Waals surface area contributed by atoms with Crippen LogP contribution in [0.25, 0.3) is 0 Å². The molecule has 0 amide bonds. The van der Waals surface area contributed by atoms with Crippen molar-refractivity contribution in [3.8, 4) is 0 Å². The molecule has 110 valence electrons. The first-order chi connectivity index (χ1) is 8.33. The molecular formula is C16H35KN2. The van der Waals surface area contributed by atoms with Crippen LogP contribution in [0.1, 0.15) is 58.8 Å². The summed E-state index contributed by atoms with van der Waals surface area (Å²) in [5.74, 6) is 0.969. The summed E-state index contributed by atoms with van der Waals surface area (Å²) in [4.78, 5) is 2.56. The van der Waals surface area contributed by atoms with E-state index in [4.69, 9.17) is 0 Å². The minimum Gasteiger partial charge on any atom is -0.358 e. The summed E-state index contributed by atoms with van der Waals surface area (Å²) in [6.45, 7) is 11.0. The van der Waals surface area contributed by atoms with Crippen LogP contribution in [0.5, 0.6) is 0 Å². The topological polar surface area (TPSA) is 15.3 Å². The molecule has 1 N–H and O–H groups in total. The average molecular weight is 295 g/mol. The molecule has 0 saturated carbocycles. The van der Waals surface area contributed by atoms with Gasteiger partial charge in [-0.25, -0.2) is 0 Å². The van der Waals surface area contributed by atoms with Gasteiger partial charge in [-0.2, -0.15) is 0 Å². The van der Waals surface area contributed by atoms with Gasteiger partial charge in [0.25, 0.3) is 0 Å². The van der Waals surface area contributed by atoms with Crippen LogP contribution < -0.4 is 56.7 Å². The maximum absolute atomic E-state index is 3.35. The second-order valence-corrected chi connectivity index (χ2v) is 5.63. The van der Waals surface area contributed by atoms with E-state index in [0.717, 1.165) is 5.92 Å². The number of hydrogen-bond acceptors (Lipinski definition) is 2. The molecular weight excluding hydrogens is 259 g/mol. The first-order valence-corrected chi connectivity index (χ1v) is 7.76. The maximum atomic E-state index is 3.35. The number of likely N-dealkylation sites (tertiary alicyclic amines) is 1. The van der Waals surface area contributed by atoms with Crippen LogP contribution in [0.4, 0.5) is 0 Å². The Hall–Kier alpha value is 1.56. The van der Waals surface area contributed by atoms with Crippen molar-refractivity contribution < 1.29 is 51.4 Å². The summed E-state index contributed by atoms with van der Waals surface area (Å²) in [7, 11) is 0. The number of nitrogens with one attached hydrogen (secondary N) is 1. The summed E-state index contributed by atoms with van der Waals surface area (Å²) in [5, 5.41) is 3.35. The van der Waals surface area contributed by atoms with E-state index in [1.165, 1.54) is 77.7 Å². The fourth-order valence-electron chi connectivity index (χ4n) is 2.62. The molecule has 2 aliphatic heterocycles. The Bertz CT molecular complexity index is 156. The van der Waals surface area contributed by atoms with Gasteiger partial charge in [0.1, 0.15) is 0 Å². The quantitative estimate of drug-likeness (QED) is 0.567. The first kappa shape index (κ1) is 22.8. The molecule has 2 heterocycles. The van der Waals surface area contributed by atoms with Crippen LogP contribution in [0.3, 0.4) is 0 Å². The minimum atomic E-state index is 0. The van der Waals surface area contributed by atoms with E-state index in [-0.39, 0.29) is 58.8 Å². The van der Waals surface area contributed by atoms with Gasteiger partial charge in [0.05, 0.1) is 0 Å². The molecule has 1 unspecified atom stereocenters. The summed E-state index contributed by atoms with van der Waals surface area (Å²) in [5.41, 5.74) is 0. The smallest absolute Gasteiger partial charge is 0.358 e. The first-order valence-electron chi connectivity index (χ1n) is 7.76. The zero-order chi connectivity index (χ0) is 12.3. The van der Waals surface area contributed by atoms with Crippen LogP contribution in [-0.2, 0) is 0 Å². The number of rotatable bonds is 1. The van der Waals surface area contributed by atoms with E-state index in [1.807, 2.05) is 0 Å². The van der Waals surface area contributed by atoms with Crippen LogP contribution >= 0.6 is 0 Å². The Morgan fingerprint density at radius 2 is 1.58 bits per heavy atom. The van der Waals surface area contributed by atoms with Crippen molar-refractivity contribution in [2.24, 2.45) is 5.92 Å². The van der Waals surface area contributed by atoms with Gasteiger partial charge in [-0.15, -0.1) is 0 Å². The van der Waals surface area contributed by atoms with Gasteiger partial charge in [-0.3, -0.25) is 0 Å². The third-order valence-electron chi connectivity index (χ3n) is 4.01. The molecule has 2 fully saturated rings. The van der Waals surface area contributed by atoms with E-state index in [9.17, 15) is 0 Å². The maximum Gasteiger partial charge on any atom is 1.00 e. The Morgan fingerprint density at radius 3 is 2.16 bits per heavy atom.